The molecular weight excluding hydrogens is 372 g/mol. The molecule has 0 bridgehead atoms. The maximum atomic E-state index is 12.7. The Balaban J connectivity index is 1.56. The van der Waals surface area contributed by atoms with Gasteiger partial charge in [-0.25, -0.2) is 9.97 Å². The number of carbonyl (C=O) groups excluding carboxylic acids is 1. The van der Waals surface area contributed by atoms with Crippen LogP contribution in [0.15, 0.2) is 48.8 Å². The average molecular weight is 392 g/mol. The lowest BCUT2D eigenvalue weighted by Crippen LogP contribution is -2.30. The Labute approximate surface area is 166 Å². The molecule has 1 aliphatic carbocycles. The second kappa shape index (κ2) is 8.09. The van der Waals surface area contributed by atoms with Crippen molar-refractivity contribution in [1.29, 1.82) is 0 Å². The standard InChI is InChI=1S/C20H20N6O3/c27-20(16-11-5-7-13-6-1-4-10-15(13)16)25-24-19-17(26(28)29)18(21-12-22-19)23-14-8-2-3-9-14/h1,4-7,10-12,14H,2-3,8-9H2,(H,25,27)(H2,21,22,23,24). The molecule has 0 atom stereocenters. The number of nitrogens with zero attached hydrogens (tertiary/aromatic N) is 3. The zero-order chi connectivity index (χ0) is 20.2. The molecule has 2 aromatic carbocycles. The summed E-state index contributed by atoms with van der Waals surface area (Å²) >= 11 is 0. The predicted molar refractivity (Wildman–Crippen MR) is 110 cm³/mol. The smallest absolute Gasteiger partial charge is 0.354 e. The highest BCUT2D eigenvalue weighted by Gasteiger charge is 2.26. The Bertz CT molecular complexity index is 1060. The Kier molecular flexibility index (Phi) is 5.19. The maximum Gasteiger partial charge on any atom is 0.354 e. The van der Waals surface area contributed by atoms with E-state index in [-0.39, 0.29) is 23.4 Å². The van der Waals surface area contributed by atoms with Crippen LogP contribution in [0.25, 0.3) is 10.8 Å². The molecule has 0 radical (unpaired) electrons. The van der Waals surface area contributed by atoms with Crippen molar-refractivity contribution in [3.05, 3.63) is 64.5 Å². The van der Waals surface area contributed by atoms with Crippen molar-refractivity contribution < 1.29 is 9.72 Å². The lowest BCUT2D eigenvalue weighted by molar-refractivity contribution is -0.383. The fourth-order valence-electron chi connectivity index (χ4n) is 3.62. The van der Waals surface area contributed by atoms with Gasteiger partial charge in [0.25, 0.3) is 5.91 Å². The van der Waals surface area contributed by atoms with Crippen molar-refractivity contribution in [3.8, 4) is 0 Å². The van der Waals surface area contributed by atoms with Gasteiger partial charge in [0.05, 0.1) is 4.92 Å². The zero-order valence-electron chi connectivity index (χ0n) is 15.6. The van der Waals surface area contributed by atoms with Gasteiger partial charge in [-0.2, -0.15) is 0 Å². The van der Waals surface area contributed by atoms with Crippen molar-refractivity contribution in [2.75, 3.05) is 10.7 Å². The summed E-state index contributed by atoms with van der Waals surface area (Å²) in [5, 5.41) is 16.5. The maximum absolute atomic E-state index is 12.7. The van der Waals surface area contributed by atoms with Crippen molar-refractivity contribution in [2.45, 2.75) is 31.7 Å². The lowest BCUT2D eigenvalue weighted by Gasteiger charge is -2.14. The average Bonchev–Trinajstić information content (AvgIpc) is 3.24. The van der Waals surface area contributed by atoms with E-state index in [1.807, 2.05) is 30.3 Å². The van der Waals surface area contributed by atoms with Gasteiger partial charge >= 0.3 is 5.69 Å². The second-order valence-corrected chi connectivity index (χ2v) is 6.91. The quantitative estimate of drug-likeness (QED) is 0.432. The van der Waals surface area contributed by atoms with Gasteiger partial charge in [0.1, 0.15) is 6.33 Å². The molecule has 9 heteroatoms. The third-order valence-electron chi connectivity index (χ3n) is 5.03. The minimum atomic E-state index is -0.552. The summed E-state index contributed by atoms with van der Waals surface area (Å²) in [5.74, 6) is -0.335. The molecule has 1 aromatic heterocycles. The molecule has 1 saturated carbocycles. The van der Waals surface area contributed by atoms with Crippen LogP contribution in [-0.2, 0) is 0 Å². The van der Waals surface area contributed by atoms with Gasteiger partial charge in [-0.15, -0.1) is 0 Å². The minimum Gasteiger partial charge on any atom is -0.361 e. The van der Waals surface area contributed by atoms with E-state index in [0.29, 0.717) is 5.56 Å². The number of hydrogen-bond donors (Lipinski definition) is 3. The summed E-state index contributed by atoms with van der Waals surface area (Å²) in [6, 6.07) is 13.1. The normalized spacial score (nSPS) is 13.9. The number of amides is 1. The number of carbonyl (C=O) groups is 1. The number of anilines is 2. The van der Waals surface area contributed by atoms with E-state index in [9.17, 15) is 14.9 Å². The van der Waals surface area contributed by atoms with Crippen molar-refractivity contribution in [2.24, 2.45) is 0 Å². The molecule has 4 rings (SSSR count). The molecule has 0 unspecified atom stereocenters. The molecule has 148 valence electrons. The molecule has 1 aliphatic rings. The fourth-order valence-corrected chi connectivity index (χ4v) is 3.62. The second-order valence-electron chi connectivity index (χ2n) is 6.91. The molecule has 9 nitrogen and oxygen atoms in total. The molecule has 29 heavy (non-hydrogen) atoms. The third kappa shape index (κ3) is 3.93. The van der Waals surface area contributed by atoms with Crippen LogP contribution >= 0.6 is 0 Å². The van der Waals surface area contributed by atoms with Crippen LogP contribution in [0, 0.1) is 10.1 Å². The van der Waals surface area contributed by atoms with Crippen LogP contribution < -0.4 is 16.2 Å². The number of fused-ring (bicyclic) bond motifs is 1. The largest absolute Gasteiger partial charge is 0.361 e. The summed E-state index contributed by atoms with van der Waals surface area (Å²) in [4.78, 5) is 31.7. The first kappa shape index (κ1) is 18.6. The molecule has 0 spiro atoms. The van der Waals surface area contributed by atoms with Gasteiger partial charge < -0.3 is 5.32 Å². The minimum absolute atomic E-state index is 0.0703. The number of aromatic nitrogens is 2. The van der Waals surface area contributed by atoms with Crippen LogP contribution in [0.4, 0.5) is 17.3 Å². The van der Waals surface area contributed by atoms with Crippen molar-refractivity contribution in [3.63, 3.8) is 0 Å². The van der Waals surface area contributed by atoms with E-state index < -0.39 is 10.8 Å². The lowest BCUT2D eigenvalue weighted by atomic mass is 10.0. The van der Waals surface area contributed by atoms with Crippen LogP contribution in [-0.4, -0.2) is 26.8 Å². The van der Waals surface area contributed by atoms with Gasteiger partial charge in [-0.1, -0.05) is 49.2 Å². The number of hydrogen-bond acceptors (Lipinski definition) is 7. The number of hydrazine groups is 1. The number of benzene rings is 2. The Morgan fingerprint density at radius 3 is 2.55 bits per heavy atom. The van der Waals surface area contributed by atoms with Crippen molar-refractivity contribution >= 4 is 34.0 Å². The summed E-state index contributed by atoms with van der Waals surface area (Å²) in [6.07, 6.45) is 5.30. The highest BCUT2D eigenvalue weighted by Crippen LogP contribution is 2.31. The van der Waals surface area contributed by atoms with E-state index in [2.05, 4.69) is 26.1 Å². The van der Waals surface area contributed by atoms with E-state index >= 15 is 0 Å². The number of nitrogens with one attached hydrogen (secondary N) is 3. The molecule has 1 fully saturated rings. The molecular formula is C20H20N6O3. The molecule has 0 saturated heterocycles. The summed E-state index contributed by atoms with van der Waals surface area (Å²) in [7, 11) is 0. The molecule has 1 heterocycles. The fraction of sp³-hybridized carbons (Fsp3) is 0.250. The summed E-state index contributed by atoms with van der Waals surface area (Å²) < 4.78 is 0. The Hall–Kier alpha value is -3.75. The first-order chi connectivity index (χ1) is 14.1. The van der Waals surface area contributed by atoms with Gasteiger partial charge in [0, 0.05) is 11.6 Å². The van der Waals surface area contributed by atoms with Gasteiger partial charge in [0.2, 0.25) is 11.6 Å². The predicted octanol–water partition coefficient (Wildman–Crippen LogP) is 3.65. The van der Waals surface area contributed by atoms with Gasteiger partial charge in [-0.05, 0) is 29.7 Å². The van der Waals surface area contributed by atoms with E-state index in [0.717, 1.165) is 36.5 Å². The Morgan fingerprint density at radius 2 is 1.76 bits per heavy atom. The first-order valence-electron chi connectivity index (χ1n) is 9.43. The number of rotatable bonds is 6. The van der Waals surface area contributed by atoms with Crippen LogP contribution in [0.5, 0.6) is 0 Å². The van der Waals surface area contributed by atoms with Crippen molar-refractivity contribution in [1.82, 2.24) is 15.4 Å². The zero-order valence-corrected chi connectivity index (χ0v) is 15.6. The molecule has 3 aromatic rings. The number of nitro groups is 1. The highest BCUT2D eigenvalue weighted by atomic mass is 16.6. The van der Waals surface area contributed by atoms with Gasteiger partial charge in [0.15, 0.2) is 0 Å². The van der Waals surface area contributed by atoms with Crippen LogP contribution in [0.1, 0.15) is 36.0 Å². The van der Waals surface area contributed by atoms with Crippen LogP contribution in [0.2, 0.25) is 0 Å². The molecule has 0 aliphatic heterocycles. The molecule has 1 amide bonds. The SMILES string of the molecule is O=C(NNc1ncnc(NC2CCCC2)c1[N+](=O)[O-])c1cccc2ccccc12. The molecule has 3 N–H and O–H groups in total. The topological polar surface area (TPSA) is 122 Å². The first-order valence-corrected chi connectivity index (χ1v) is 9.43. The van der Waals surface area contributed by atoms with E-state index in [1.165, 1.54) is 6.33 Å². The Morgan fingerprint density at radius 1 is 1.03 bits per heavy atom. The van der Waals surface area contributed by atoms with Gasteiger partial charge in [-0.3, -0.25) is 25.8 Å². The monoisotopic (exact) mass is 392 g/mol. The van der Waals surface area contributed by atoms with Crippen LogP contribution in [0.3, 0.4) is 0 Å². The summed E-state index contributed by atoms with van der Waals surface area (Å²) in [5.41, 5.74) is 5.26. The third-order valence-corrected chi connectivity index (χ3v) is 5.03. The van der Waals surface area contributed by atoms with E-state index in [1.54, 1.807) is 12.1 Å². The van der Waals surface area contributed by atoms with E-state index in [4.69, 9.17) is 0 Å². The summed E-state index contributed by atoms with van der Waals surface area (Å²) in [6.45, 7) is 0. The highest BCUT2D eigenvalue weighted by molar-refractivity contribution is 6.07.